The minimum absolute atomic E-state index is 0.0725. The molecule has 0 saturated carbocycles. The largest absolute Gasteiger partial charge is 0.480 e. The molecule has 2 aromatic heterocycles. The molecule has 1 aromatic carbocycles. The fourth-order valence-corrected chi connectivity index (χ4v) is 2.45. The number of anilines is 3. The number of pyridine rings is 1. The number of carbonyl (C=O) groups is 1. The van der Waals surface area contributed by atoms with Crippen molar-refractivity contribution in [3.8, 4) is 17.0 Å². The highest BCUT2D eigenvalue weighted by Gasteiger charge is 2.44. The van der Waals surface area contributed by atoms with Crippen molar-refractivity contribution in [1.82, 2.24) is 15.0 Å². The van der Waals surface area contributed by atoms with Crippen molar-refractivity contribution in [3.63, 3.8) is 0 Å². The molecule has 0 aliphatic rings. The summed E-state index contributed by atoms with van der Waals surface area (Å²) in [6.45, 7) is -0.351. The van der Waals surface area contributed by atoms with Crippen molar-refractivity contribution in [2.75, 3.05) is 17.2 Å². The number of carboxylic acids is 1. The average Bonchev–Trinajstić information content (AvgIpc) is 2.72. The Kier molecular flexibility index (Phi) is 6.48. The second-order valence-corrected chi connectivity index (χ2v) is 6.03. The number of rotatable bonds is 9. The Morgan fingerprint density at radius 1 is 1.13 bits per heavy atom. The average molecular weight is 437 g/mol. The smallest absolute Gasteiger partial charge is 0.461 e. The fourth-order valence-electron chi connectivity index (χ4n) is 2.45. The maximum atomic E-state index is 13.1. The summed E-state index contributed by atoms with van der Waals surface area (Å²) >= 11 is 0. The fraction of sp³-hybridized carbons (Fsp3) is 0.158. The van der Waals surface area contributed by atoms with Crippen LogP contribution in [0.15, 0.2) is 54.9 Å². The summed E-state index contributed by atoms with van der Waals surface area (Å²) < 4.78 is 55.0. The summed E-state index contributed by atoms with van der Waals surface area (Å²) in [5, 5.41) is 14.3. The second kappa shape index (κ2) is 9.24. The first kappa shape index (κ1) is 21.7. The third-order valence-corrected chi connectivity index (χ3v) is 3.74. The second-order valence-electron chi connectivity index (χ2n) is 6.03. The Morgan fingerprint density at radius 3 is 2.68 bits per heavy atom. The van der Waals surface area contributed by atoms with Crippen molar-refractivity contribution in [1.29, 1.82) is 0 Å². The number of halogens is 4. The summed E-state index contributed by atoms with van der Waals surface area (Å²) in [5.41, 5.74) is 1.12. The van der Waals surface area contributed by atoms with Crippen LogP contribution in [0.5, 0.6) is 5.75 Å². The molecular formula is C19H15F4N5O3. The molecule has 31 heavy (non-hydrogen) atoms. The van der Waals surface area contributed by atoms with Gasteiger partial charge in [0.05, 0.1) is 5.69 Å². The number of aliphatic carboxylic acids is 1. The van der Waals surface area contributed by atoms with Gasteiger partial charge >= 0.3 is 18.5 Å². The molecule has 0 aliphatic carbocycles. The standard InChI is InChI=1S/C19H15F4N5O3/c20-17(21)19(22,23)31-12-4-1-3-11(9-12)27-18-25-8-6-14(28-18)13-5-2-7-24-16(13)26-10-15(29)30/h1-9,17H,10H2,(H,24,26)(H,29,30)(H,25,27,28). The van der Waals surface area contributed by atoms with E-state index < -0.39 is 24.3 Å². The van der Waals surface area contributed by atoms with Gasteiger partial charge in [-0.2, -0.15) is 17.6 Å². The highest BCUT2D eigenvalue weighted by atomic mass is 19.3. The lowest BCUT2D eigenvalue weighted by Crippen LogP contribution is -2.33. The number of alkyl halides is 4. The van der Waals surface area contributed by atoms with Crippen LogP contribution in [0, 0.1) is 0 Å². The topological polar surface area (TPSA) is 109 Å². The number of nitrogens with one attached hydrogen (secondary N) is 2. The normalized spacial score (nSPS) is 11.3. The molecule has 0 radical (unpaired) electrons. The Bertz CT molecular complexity index is 1070. The Balaban J connectivity index is 1.81. The number of aromatic nitrogens is 3. The number of nitrogens with zero attached hydrogens (tertiary/aromatic N) is 3. The van der Waals surface area contributed by atoms with Crippen molar-refractivity contribution in [3.05, 3.63) is 54.9 Å². The van der Waals surface area contributed by atoms with Gasteiger partial charge in [-0.05, 0) is 30.3 Å². The molecule has 3 aromatic rings. The molecule has 0 aliphatic heterocycles. The van der Waals surface area contributed by atoms with Crippen molar-refractivity contribution < 1.29 is 32.2 Å². The lowest BCUT2D eigenvalue weighted by Gasteiger charge is -2.17. The maximum absolute atomic E-state index is 13.1. The zero-order valence-corrected chi connectivity index (χ0v) is 15.6. The summed E-state index contributed by atoms with van der Waals surface area (Å²) in [6, 6.07) is 9.89. The van der Waals surface area contributed by atoms with Gasteiger partial charge in [0.25, 0.3) is 0 Å². The van der Waals surface area contributed by atoms with Crippen LogP contribution in [0.3, 0.4) is 0 Å². The van der Waals surface area contributed by atoms with Crippen LogP contribution in [0.4, 0.5) is 35.0 Å². The van der Waals surface area contributed by atoms with Crippen molar-refractivity contribution in [2.45, 2.75) is 12.5 Å². The third kappa shape index (κ3) is 5.78. The molecule has 0 fully saturated rings. The molecule has 0 spiro atoms. The number of benzene rings is 1. The van der Waals surface area contributed by atoms with Crippen LogP contribution in [-0.4, -0.2) is 45.1 Å². The summed E-state index contributed by atoms with van der Waals surface area (Å²) in [5.74, 6) is -1.18. The molecule has 3 N–H and O–H groups in total. The van der Waals surface area contributed by atoms with Gasteiger partial charge in [-0.3, -0.25) is 4.79 Å². The van der Waals surface area contributed by atoms with E-state index in [1.54, 1.807) is 18.2 Å². The van der Waals surface area contributed by atoms with Crippen LogP contribution in [-0.2, 0) is 4.79 Å². The molecule has 0 atom stereocenters. The van der Waals surface area contributed by atoms with Gasteiger partial charge in [0.15, 0.2) is 0 Å². The summed E-state index contributed by atoms with van der Waals surface area (Å²) in [6.07, 6.45) is -5.71. The first-order valence-electron chi connectivity index (χ1n) is 8.71. The zero-order valence-electron chi connectivity index (χ0n) is 15.6. The first-order chi connectivity index (χ1) is 14.7. The zero-order chi connectivity index (χ0) is 22.4. The number of ether oxygens (including phenoxy) is 1. The summed E-state index contributed by atoms with van der Waals surface area (Å²) in [7, 11) is 0. The van der Waals surface area contributed by atoms with Gasteiger partial charge in [0, 0.05) is 29.7 Å². The molecular weight excluding hydrogens is 422 g/mol. The van der Waals surface area contributed by atoms with Crippen LogP contribution < -0.4 is 15.4 Å². The van der Waals surface area contributed by atoms with Crippen molar-refractivity contribution in [2.24, 2.45) is 0 Å². The van der Waals surface area contributed by atoms with E-state index in [1.165, 1.54) is 24.5 Å². The van der Waals surface area contributed by atoms with E-state index in [0.29, 0.717) is 17.1 Å². The van der Waals surface area contributed by atoms with Crippen LogP contribution >= 0.6 is 0 Å². The quantitative estimate of drug-likeness (QED) is 0.431. The molecule has 0 amide bonds. The molecule has 8 nitrogen and oxygen atoms in total. The highest BCUT2D eigenvalue weighted by Crippen LogP contribution is 2.30. The molecule has 0 bridgehead atoms. The highest BCUT2D eigenvalue weighted by molar-refractivity contribution is 5.78. The van der Waals surface area contributed by atoms with E-state index in [1.807, 2.05) is 0 Å². The van der Waals surface area contributed by atoms with E-state index in [2.05, 4.69) is 30.3 Å². The van der Waals surface area contributed by atoms with Gasteiger partial charge in [-0.15, -0.1) is 0 Å². The Morgan fingerprint density at radius 2 is 1.94 bits per heavy atom. The van der Waals surface area contributed by atoms with Gasteiger partial charge < -0.3 is 20.5 Å². The molecule has 12 heteroatoms. The number of hydrogen-bond donors (Lipinski definition) is 3. The van der Waals surface area contributed by atoms with Gasteiger partial charge in [0.2, 0.25) is 5.95 Å². The van der Waals surface area contributed by atoms with Crippen LogP contribution in [0.25, 0.3) is 11.3 Å². The van der Waals surface area contributed by atoms with Gasteiger partial charge in [-0.1, -0.05) is 6.07 Å². The molecule has 162 valence electrons. The lowest BCUT2D eigenvalue weighted by atomic mass is 10.2. The van der Waals surface area contributed by atoms with E-state index in [9.17, 15) is 22.4 Å². The van der Waals surface area contributed by atoms with Gasteiger partial charge in [0.1, 0.15) is 18.1 Å². The van der Waals surface area contributed by atoms with E-state index >= 15 is 0 Å². The first-order valence-corrected chi connectivity index (χ1v) is 8.71. The lowest BCUT2D eigenvalue weighted by molar-refractivity contribution is -0.253. The number of carboxylic acid groups (broad SMARTS) is 1. The van der Waals surface area contributed by atoms with Crippen molar-refractivity contribution >= 4 is 23.4 Å². The minimum atomic E-state index is -4.63. The molecule has 3 rings (SSSR count). The third-order valence-electron chi connectivity index (χ3n) is 3.74. The van der Waals surface area contributed by atoms with E-state index in [-0.39, 0.29) is 18.2 Å². The van der Waals surface area contributed by atoms with E-state index in [0.717, 1.165) is 12.1 Å². The van der Waals surface area contributed by atoms with Gasteiger partial charge in [-0.25, -0.2) is 15.0 Å². The number of hydrogen-bond acceptors (Lipinski definition) is 7. The molecule has 0 unspecified atom stereocenters. The molecule has 0 saturated heterocycles. The van der Waals surface area contributed by atoms with Crippen LogP contribution in [0.2, 0.25) is 0 Å². The Labute approximate surface area is 172 Å². The molecule has 2 heterocycles. The monoisotopic (exact) mass is 437 g/mol. The SMILES string of the molecule is O=C(O)CNc1ncccc1-c1ccnc(Nc2cccc(OC(F)(F)C(F)F)c2)n1. The predicted molar refractivity (Wildman–Crippen MR) is 103 cm³/mol. The predicted octanol–water partition coefficient (Wildman–Crippen LogP) is 4.02. The van der Waals surface area contributed by atoms with Crippen LogP contribution in [0.1, 0.15) is 0 Å². The minimum Gasteiger partial charge on any atom is -0.480 e. The maximum Gasteiger partial charge on any atom is 0.461 e. The Hall–Kier alpha value is -3.96. The summed E-state index contributed by atoms with van der Waals surface area (Å²) in [4.78, 5) is 23.2. The van der Waals surface area contributed by atoms with E-state index in [4.69, 9.17) is 5.11 Å².